The fourth-order valence-corrected chi connectivity index (χ4v) is 4.03. The molecular formula is C13H23Cl. The lowest BCUT2D eigenvalue weighted by Crippen LogP contribution is -2.20. The summed E-state index contributed by atoms with van der Waals surface area (Å²) >= 11 is 5.98. The highest BCUT2D eigenvalue weighted by Gasteiger charge is 2.54. The van der Waals surface area contributed by atoms with Gasteiger partial charge in [0.05, 0.1) is 0 Å². The van der Waals surface area contributed by atoms with Gasteiger partial charge in [-0.05, 0) is 48.9 Å². The smallest absolute Gasteiger partial charge is 0.0257 e. The lowest BCUT2D eigenvalue weighted by molar-refractivity contribution is 0.208. The average molecular weight is 215 g/mol. The molecule has 0 N–H and O–H groups in total. The summed E-state index contributed by atoms with van der Waals surface area (Å²) in [5.74, 6) is 3.67. The van der Waals surface area contributed by atoms with E-state index in [1.54, 1.807) is 0 Å². The van der Waals surface area contributed by atoms with Crippen molar-refractivity contribution in [2.45, 2.75) is 52.4 Å². The summed E-state index contributed by atoms with van der Waals surface area (Å²) in [5.41, 5.74) is 0.722. The second-order valence-corrected chi connectivity index (χ2v) is 6.32. The minimum absolute atomic E-state index is 0.722. The van der Waals surface area contributed by atoms with Crippen molar-refractivity contribution in [1.29, 1.82) is 0 Å². The zero-order chi connectivity index (χ0) is 10.2. The van der Waals surface area contributed by atoms with Crippen molar-refractivity contribution in [3.05, 3.63) is 0 Å². The van der Waals surface area contributed by atoms with Gasteiger partial charge in [-0.3, -0.25) is 0 Å². The van der Waals surface area contributed by atoms with Crippen LogP contribution in [-0.2, 0) is 0 Å². The van der Waals surface area contributed by atoms with Crippen molar-refractivity contribution in [1.82, 2.24) is 0 Å². The Labute approximate surface area is 93.4 Å². The summed E-state index contributed by atoms with van der Waals surface area (Å²) in [4.78, 5) is 0. The van der Waals surface area contributed by atoms with Crippen LogP contribution >= 0.6 is 11.6 Å². The van der Waals surface area contributed by atoms with Crippen LogP contribution in [0.1, 0.15) is 52.4 Å². The maximum Gasteiger partial charge on any atom is 0.0257 e. The molecule has 0 heterocycles. The minimum Gasteiger partial charge on any atom is -0.126 e. The molecule has 0 bridgehead atoms. The van der Waals surface area contributed by atoms with E-state index in [1.807, 2.05) is 0 Å². The molecule has 0 radical (unpaired) electrons. The molecule has 0 aromatic carbocycles. The summed E-state index contributed by atoms with van der Waals surface area (Å²) in [6.45, 7) is 4.71. The van der Waals surface area contributed by atoms with Crippen LogP contribution in [0.5, 0.6) is 0 Å². The number of rotatable bonds is 3. The van der Waals surface area contributed by atoms with Crippen molar-refractivity contribution in [3.8, 4) is 0 Å². The number of halogens is 1. The first-order valence-electron chi connectivity index (χ1n) is 6.22. The standard InChI is InChI=1S/C13H23Cl/c1-10(2)6-11-4-3-5-13(7-11)8-12(13)9-14/h10-12H,3-9H2,1-2H3. The van der Waals surface area contributed by atoms with Crippen molar-refractivity contribution >= 4 is 11.6 Å². The van der Waals surface area contributed by atoms with Gasteiger partial charge in [0.1, 0.15) is 0 Å². The van der Waals surface area contributed by atoms with Crippen LogP contribution in [0, 0.1) is 23.2 Å². The molecule has 0 aliphatic heterocycles. The second-order valence-electron chi connectivity index (χ2n) is 6.01. The van der Waals surface area contributed by atoms with Crippen LogP contribution in [0.15, 0.2) is 0 Å². The highest BCUT2D eigenvalue weighted by molar-refractivity contribution is 6.18. The Balaban J connectivity index is 1.86. The van der Waals surface area contributed by atoms with Gasteiger partial charge in [-0.25, -0.2) is 0 Å². The minimum atomic E-state index is 0.722. The molecule has 0 saturated heterocycles. The maximum absolute atomic E-state index is 5.98. The van der Waals surface area contributed by atoms with Crippen molar-refractivity contribution in [2.75, 3.05) is 5.88 Å². The first kappa shape index (κ1) is 10.8. The Bertz CT molecular complexity index is 199. The molecule has 0 aromatic heterocycles. The number of hydrogen-bond acceptors (Lipinski definition) is 0. The van der Waals surface area contributed by atoms with Crippen LogP contribution in [0.3, 0.4) is 0 Å². The van der Waals surface area contributed by atoms with E-state index in [9.17, 15) is 0 Å². The Morgan fingerprint density at radius 2 is 2.14 bits per heavy atom. The molecule has 0 amide bonds. The van der Waals surface area contributed by atoms with Gasteiger partial charge in [-0.1, -0.05) is 26.7 Å². The monoisotopic (exact) mass is 214 g/mol. The summed E-state index contributed by atoms with van der Waals surface area (Å²) in [7, 11) is 0. The highest BCUT2D eigenvalue weighted by atomic mass is 35.5. The highest BCUT2D eigenvalue weighted by Crippen LogP contribution is 2.63. The van der Waals surface area contributed by atoms with E-state index in [2.05, 4.69) is 13.8 Å². The number of hydrogen-bond donors (Lipinski definition) is 0. The van der Waals surface area contributed by atoms with Gasteiger partial charge < -0.3 is 0 Å². The predicted octanol–water partition coefficient (Wildman–Crippen LogP) is 4.47. The Morgan fingerprint density at radius 3 is 2.71 bits per heavy atom. The summed E-state index contributed by atoms with van der Waals surface area (Å²) < 4.78 is 0. The quantitative estimate of drug-likeness (QED) is 0.609. The van der Waals surface area contributed by atoms with Gasteiger partial charge in [0.15, 0.2) is 0 Å². The zero-order valence-electron chi connectivity index (χ0n) is 9.56. The fraction of sp³-hybridized carbons (Fsp3) is 1.00. The summed E-state index contributed by atoms with van der Waals surface area (Å²) in [6.07, 6.45) is 8.78. The second kappa shape index (κ2) is 4.04. The van der Waals surface area contributed by atoms with Gasteiger partial charge in [-0.15, -0.1) is 11.6 Å². The van der Waals surface area contributed by atoms with E-state index in [-0.39, 0.29) is 0 Å². The van der Waals surface area contributed by atoms with E-state index in [0.717, 1.165) is 29.0 Å². The van der Waals surface area contributed by atoms with Crippen LogP contribution in [0.4, 0.5) is 0 Å². The number of alkyl halides is 1. The molecule has 2 aliphatic carbocycles. The molecule has 2 saturated carbocycles. The van der Waals surface area contributed by atoms with E-state index >= 15 is 0 Å². The van der Waals surface area contributed by atoms with Crippen molar-refractivity contribution < 1.29 is 0 Å². The Hall–Kier alpha value is 0.290. The van der Waals surface area contributed by atoms with E-state index in [4.69, 9.17) is 11.6 Å². The Kier molecular flexibility index (Phi) is 3.12. The third-order valence-corrected chi connectivity index (χ3v) is 4.70. The lowest BCUT2D eigenvalue weighted by atomic mass is 9.75. The maximum atomic E-state index is 5.98. The average Bonchev–Trinajstić information content (AvgIpc) is 2.77. The molecule has 1 heteroatoms. The molecule has 2 rings (SSSR count). The molecule has 2 fully saturated rings. The molecule has 14 heavy (non-hydrogen) atoms. The molecule has 2 aliphatic rings. The van der Waals surface area contributed by atoms with Crippen molar-refractivity contribution in [3.63, 3.8) is 0 Å². The molecular weight excluding hydrogens is 192 g/mol. The summed E-state index contributed by atoms with van der Waals surface area (Å²) in [5, 5.41) is 0. The largest absolute Gasteiger partial charge is 0.126 e. The molecule has 3 unspecified atom stereocenters. The zero-order valence-corrected chi connectivity index (χ0v) is 10.3. The van der Waals surface area contributed by atoms with Crippen molar-refractivity contribution in [2.24, 2.45) is 23.2 Å². The normalized spacial score (nSPS) is 42.0. The van der Waals surface area contributed by atoms with Crippen LogP contribution < -0.4 is 0 Å². The first-order valence-corrected chi connectivity index (χ1v) is 6.76. The van der Waals surface area contributed by atoms with E-state index in [0.29, 0.717) is 0 Å². The summed E-state index contributed by atoms with van der Waals surface area (Å²) in [6, 6.07) is 0. The van der Waals surface area contributed by atoms with Gasteiger partial charge in [0, 0.05) is 5.88 Å². The SMILES string of the molecule is CC(C)CC1CCCC2(C1)CC2CCl. The third-order valence-electron chi connectivity index (χ3n) is 4.33. The van der Waals surface area contributed by atoms with Crippen LogP contribution in [0.2, 0.25) is 0 Å². The first-order chi connectivity index (χ1) is 6.66. The Morgan fingerprint density at radius 1 is 1.36 bits per heavy atom. The van der Waals surface area contributed by atoms with Crippen LogP contribution in [0.25, 0.3) is 0 Å². The molecule has 1 spiro atoms. The van der Waals surface area contributed by atoms with Gasteiger partial charge >= 0.3 is 0 Å². The van der Waals surface area contributed by atoms with Crippen LogP contribution in [-0.4, -0.2) is 5.88 Å². The van der Waals surface area contributed by atoms with E-state index < -0.39 is 0 Å². The van der Waals surface area contributed by atoms with Gasteiger partial charge in [0.2, 0.25) is 0 Å². The lowest BCUT2D eigenvalue weighted by Gasteiger charge is -2.31. The van der Waals surface area contributed by atoms with Gasteiger partial charge in [-0.2, -0.15) is 0 Å². The third kappa shape index (κ3) is 2.10. The van der Waals surface area contributed by atoms with Gasteiger partial charge in [0.25, 0.3) is 0 Å². The molecule has 82 valence electrons. The topological polar surface area (TPSA) is 0 Å². The predicted molar refractivity (Wildman–Crippen MR) is 62.7 cm³/mol. The molecule has 0 aromatic rings. The molecule has 3 atom stereocenters. The fourth-order valence-electron chi connectivity index (χ4n) is 3.60. The van der Waals surface area contributed by atoms with E-state index in [1.165, 1.54) is 38.5 Å². The molecule has 0 nitrogen and oxygen atoms in total.